The Morgan fingerprint density at radius 2 is 1.79 bits per heavy atom. The zero-order valence-electron chi connectivity index (χ0n) is 22.6. The van der Waals surface area contributed by atoms with Gasteiger partial charge in [-0.2, -0.15) is 0 Å². The monoisotopic (exact) mass is 536 g/mol. The van der Waals surface area contributed by atoms with Crippen LogP contribution in [0.5, 0.6) is 0 Å². The number of piperidine rings is 1. The van der Waals surface area contributed by atoms with Crippen LogP contribution in [0.25, 0.3) is 0 Å². The fraction of sp³-hybridized carbons (Fsp3) is 0.621. The topological polar surface area (TPSA) is 151 Å². The lowest BCUT2D eigenvalue weighted by Gasteiger charge is -2.42. The van der Waals surface area contributed by atoms with Crippen LogP contribution in [0, 0.1) is 5.92 Å². The van der Waals surface area contributed by atoms with Crippen LogP contribution in [-0.4, -0.2) is 71.1 Å². The number of fused-ring (bicyclic) bond motifs is 2. The molecule has 10 heteroatoms. The number of hydrogen-bond acceptors (Lipinski definition) is 5. The average molecular weight is 537 g/mol. The van der Waals surface area contributed by atoms with Crippen molar-refractivity contribution in [1.82, 2.24) is 15.1 Å². The number of aliphatic imine (C=N–C) groups is 1. The number of ketones is 1. The van der Waals surface area contributed by atoms with Crippen molar-refractivity contribution < 1.29 is 19.2 Å². The summed E-state index contributed by atoms with van der Waals surface area (Å²) < 4.78 is 0. The molecule has 2 heterocycles. The first-order chi connectivity index (χ1) is 18.8. The molecule has 1 spiro atoms. The van der Waals surface area contributed by atoms with E-state index in [-0.39, 0.29) is 29.0 Å². The highest BCUT2D eigenvalue weighted by Gasteiger charge is 2.49. The van der Waals surface area contributed by atoms with Crippen molar-refractivity contribution in [3.8, 4) is 0 Å². The molecule has 1 aromatic rings. The maximum absolute atomic E-state index is 14.0. The van der Waals surface area contributed by atoms with Crippen LogP contribution < -0.4 is 16.8 Å². The lowest BCUT2D eigenvalue weighted by atomic mass is 9.73. The Morgan fingerprint density at radius 3 is 2.51 bits per heavy atom. The Hall–Kier alpha value is -3.43. The van der Waals surface area contributed by atoms with Gasteiger partial charge in [-0.05, 0) is 43.6 Å². The molecule has 4 amide bonds. The van der Waals surface area contributed by atoms with Gasteiger partial charge in [0.25, 0.3) is 5.91 Å². The minimum atomic E-state index is -0.810. The summed E-state index contributed by atoms with van der Waals surface area (Å²) in [6.07, 6.45) is 8.75. The predicted molar refractivity (Wildman–Crippen MR) is 147 cm³/mol. The van der Waals surface area contributed by atoms with E-state index in [1.54, 1.807) is 0 Å². The van der Waals surface area contributed by atoms with Crippen molar-refractivity contribution in [1.29, 1.82) is 0 Å². The number of benzene rings is 1. The molecule has 3 fully saturated rings. The second-order valence-electron chi connectivity index (χ2n) is 11.7. The third-order valence-electron chi connectivity index (χ3n) is 9.21. The third-order valence-corrected chi connectivity index (χ3v) is 9.21. The first kappa shape index (κ1) is 27.1. The van der Waals surface area contributed by atoms with Crippen molar-refractivity contribution in [2.75, 3.05) is 19.6 Å². The minimum Gasteiger partial charge on any atom is -0.370 e. The molecule has 1 saturated carbocycles. The number of likely N-dealkylation sites (tertiary alicyclic amines) is 1. The highest BCUT2D eigenvalue weighted by atomic mass is 16.2. The number of amides is 4. The molecule has 0 unspecified atom stereocenters. The van der Waals surface area contributed by atoms with E-state index >= 15 is 0 Å². The number of guanidine groups is 1. The Bertz CT molecular complexity index is 1150. The summed E-state index contributed by atoms with van der Waals surface area (Å²) in [7, 11) is 0. The van der Waals surface area contributed by atoms with Gasteiger partial charge in [0.2, 0.25) is 5.91 Å². The van der Waals surface area contributed by atoms with Gasteiger partial charge in [-0.3, -0.25) is 19.4 Å². The summed E-state index contributed by atoms with van der Waals surface area (Å²) in [5, 5.41) is 2.79. The molecule has 2 aliphatic carbocycles. The predicted octanol–water partition coefficient (Wildman–Crippen LogP) is 2.45. The number of imide groups is 1. The van der Waals surface area contributed by atoms with Crippen LogP contribution >= 0.6 is 0 Å². The largest absolute Gasteiger partial charge is 0.370 e. The number of Topliss-reactive ketones (excluding diaryl/α,β-unsaturated/α-hetero) is 1. The van der Waals surface area contributed by atoms with E-state index in [9.17, 15) is 19.2 Å². The van der Waals surface area contributed by atoms with Crippen molar-refractivity contribution >= 4 is 29.6 Å². The van der Waals surface area contributed by atoms with Gasteiger partial charge >= 0.3 is 6.03 Å². The van der Waals surface area contributed by atoms with Crippen LogP contribution in [-0.2, 0) is 15.0 Å². The molecule has 39 heavy (non-hydrogen) atoms. The normalized spacial score (nSPS) is 23.6. The molecule has 5 rings (SSSR count). The summed E-state index contributed by atoms with van der Waals surface area (Å²) in [5.74, 6) is -0.0267. The summed E-state index contributed by atoms with van der Waals surface area (Å²) >= 11 is 0. The molecule has 210 valence electrons. The van der Waals surface area contributed by atoms with Crippen molar-refractivity contribution in [2.24, 2.45) is 22.4 Å². The second-order valence-corrected chi connectivity index (χ2v) is 11.7. The van der Waals surface area contributed by atoms with Gasteiger partial charge in [-0.25, -0.2) is 9.69 Å². The molecule has 1 aromatic carbocycles. The zero-order valence-corrected chi connectivity index (χ0v) is 22.6. The van der Waals surface area contributed by atoms with Crippen LogP contribution in [0.1, 0.15) is 86.6 Å². The van der Waals surface area contributed by atoms with Crippen molar-refractivity contribution in [3.05, 3.63) is 35.4 Å². The van der Waals surface area contributed by atoms with Gasteiger partial charge in [0.05, 0.1) is 0 Å². The number of hydrogen-bond donors (Lipinski definition) is 3. The molecule has 5 N–H and O–H groups in total. The van der Waals surface area contributed by atoms with Crippen LogP contribution in [0.4, 0.5) is 4.79 Å². The summed E-state index contributed by atoms with van der Waals surface area (Å²) in [5.41, 5.74) is 12.4. The molecule has 0 bridgehead atoms. The highest BCUT2D eigenvalue weighted by molar-refractivity contribution is 6.07. The van der Waals surface area contributed by atoms with Gasteiger partial charge in [-0.15, -0.1) is 0 Å². The number of nitrogens with zero attached hydrogens (tertiary/aromatic N) is 3. The standard InChI is InChI=1S/C29H40N6O4/c30-27(31)32-14-6-11-22-25(37)35(28(39)33-22)23(17-19-7-2-1-3-8-19)26(38)34-15-12-29(13-16-34)18-24(36)20-9-4-5-10-21(20)29/h4-5,9-10,19,22-23H,1-3,6-8,11-18H2,(H,33,39)(H4,30,31,32)/t22-,23-/m1/s1. The first-order valence-corrected chi connectivity index (χ1v) is 14.4. The highest BCUT2D eigenvalue weighted by Crippen LogP contribution is 2.46. The Balaban J connectivity index is 1.30. The van der Waals surface area contributed by atoms with Crippen molar-refractivity contribution in [3.63, 3.8) is 0 Å². The number of rotatable bonds is 8. The lowest BCUT2D eigenvalue weighted by Crippen LogP contribution is -2.55. The fourth-order valence-corrected chi connectivity index (χ4v) is 7.10. The quantitative estimate of drug-likeness (QED) is 0.201. The number of carbonyl (C=O) groups is 4. The maximum Gasteiger partial charge on any atom is 0.325 e. The third kappa shape index (κ3) is 5.51. The number of urea groups is 1. The van der Waals surface area contributed by atoms with E-state index in [1.165, 1.54) is 11.3 Å². The van der Waals surface area contributed by atoms with Gasteiger partial charge in [0, 0.05) is 37.0 Å². The molecule has 0 radical (unpaired) electrons. The fourth-order valence-electron chi connectivity index (χ4n) is 7.10. The van der Waals surface area contributed by atoms with E-state index < -0.39 is 18.1 Å². The molecule has 2 atom stereocenters. The van der Waals surface area contributed by atoms with Gasteiger partial charge in [0.15, 0.2) is 11.7 Å². The molecule has 0 aromatic heterocycles. The minimum absolute atomic E-state index is 0.00896. The molecule has 2 saturated heterocycles. The van der Waals surface area contributed by atoms with Gasteiger partial charge in [-0.1, -0.05) is 56.4 Å². The second kappa shape index (κ2) is 11.4. The molecular formula is C29H40N6O4. The van der Waals surface area contributed by atoms with E-state index in [2.05, 4.69) is 10.3 Å². The smallest absolute Gasteiger partial charge is 0.325 e. The Labute approximate surface area is 229 Å². The maximum atomic E-state index is 14.0. The van der Waals surface area contributed by atoms with E-state index in [0.717, 1.165) is 36.8 Å². The van der Waals surface area contributed by atoms with Crippen LogP contribution in [0.2, 0.25) is 0 Å². The van der Waals surface area contributed by atoms with E-state index in [1.807, 2.05) is 29.2 Å². The SMILES string of the molecule is NC(N)=NCCC[C@H]1NC(=O)N([C@H](CC2CCCCC2)C(=O)N2CCC3(CC2)CC(=O)c2ccccc23)C1=O. The molecule has 10 nitrogen and oxygen atoms in total. The van der Waals surface area contributed by atoms with Gasteiger partial charge in [0.1, 0.15) is 12.1 Å². The van der Waals surface area contributed by atoms with Crippen molar-refractivity contribution in [2.45, 2.75) is 88.1 Å². The first-order valence-electron chi connectivity index (χ1n) is 14.4. The Morgan fingerprint density at radius 1 is 1.08 bits per heavy atom. The van der Waals surface area contributed by atoms with Crippen LogP contribution in [0.15, 0.2) is 29.3 Å². The number of nitrogens with two attached hydrogens (primary N) is 2. The summed E-state index contributed by atoms with van der Waals surface area (Å²) in [6.45, 7) is 1.38. The lowest BCUT2D eigenvalue weighted by molar-refractivity contribution is -0.144. The summed E-state index contributed by atoms with van der Waals surface area (Å²) in [6, 6.07) is 5.83. The zero-order chi connectivity index (χ0) is 27.6. The Kier molecular flexibility index (Phi) is 7.91. The van der Waals surface area contributed by atoms with E-state index in [0.29, 0.717) is 64.1 Å². The molecule has 2 aliphatic heterocycles. The van der Waals surface area contributed by atoms with Crippen LogP contribution in [0.3, 0.4) is 0 Å². The van der Waals surface area contributed by atoms with Gasteiger partial charge < -0.3 is 21.7 Å². The number of carbonyl (C=O) groups excluding carboxylic acids is 4. The average Bonchev–Trinajstić information content (AvgIpc) is 3.37. The molecular weight excluding hydrogens is 496 g/mol. The number of nitrogens with one attached hydrogen (secondary N) is 1. The van der Waals surface area contributed by atoms with E-state index in [4.69, 9.17) is 11.5 Å². The summed E-state index contributed by atoms with van der Waals surface area (Å²) in [4.78, 5) is 60.3. The molecule has 4 aliphatic rings.